The van der Waals surface area contributed by atoms with Gasteiger partial charge in [0.05, 0.1) is 28.4 Å². The third-order valence-corrected chi connectivity index (χ3v) is 2.58. The van der Waals surface area contributed by atoms with Crippen LogP contribution in [0.1, 0.15) is 23.1 Å². The van der Waals surface area contributed by atoms with Crippen LogP contribution in [0.4, 0.5) is 45.2 Å². The van der Waals surface area contributed by atoms with E-state index in [0.29, 0.717) is 0 Å². The van der Waals surface area contributed by atoms with Crippen LogP contribution in [0, 0.1) is 11.3 Å². The molecule has 132 valence electrons. The molecule has 0 aliphatic heterocycles. The van der Waals surface area contributed by atoms with E-state index >= 15 is 0 Å². The lowest BCUT2D eigenvalue weighted by Gasteiger charge is -2.21. The summed E-state index contributed by atoms with van der Waals surface area (Å²) in [6.07, 6.45) is -17.8. The van der Waals surface area contributed by atoms with Gasteiger partial charge in [-0.15, -0.1) is 0 Å². The van der Waals surface area contributed by atoms with E-state index in [0.717, 1.165) is 0 Å². The Morgan fingerprint density at radius 3 is 1.62 bits per heavy atom. The molecule has 12 heteroatoms. The molecular weight excluding hydrogens is 359 g/mol. The van der Waals surface area contributed by atoms with Crippen LogP contribution in [0.25, 0.3) is 0 Å². The van der Waals surface area contributed by atoms with Crippen molar-refractivity contribution in [2.24, 2.45) is 0 Å². The molecule has 0 fully saturated rings. The van der Waals surface area contributed by atoms with Crippen LogP contribution in [-0.4, -0.2) is 5.91 Å². The van der Waals surface area contributed by atoms with Crippen molar-refractivity contribution < 1.29 is 44.3 Å². The zero-order chi connectivity index (χ0) is 18.9. The number of carbonyl (C=O) groups excluding carboxylic acids is 1. The Morgan fingerprint density at radius 2 is 1.33 bits per heavy atom. The van der Waals surface area contributed by atoms with Gasteiger partial charge in [0.1, 0.15) is 6.42 Å². The van der Waals surface area contributed by atoms with Gasteiger partial charge in [-0.25, -0.2) is 0 Å². The van der Waals surface area contributed by atoms with Crippen molar-refractivity contribution >= 4 is 11.6 Å². The van der Waals surface area contributed by atoms with Crippen molar-refractivity contribution in [1.82, 2.24) is 0 Å². The second-order valence-corrected chi connectivity index (χ2v) is 4.32. The van der Waals surface area contributed by atoms with Gasteiger partial charge in [-0.3, -0.25) is 4.79 Å². The summed E-state index contributed by atoms with van der Waals surface area (Å²) < 4.78 is 115. The van der Waals surface area contributed by atoms with E-state index in [1.165, 1.54) is 11.4 Å². The lowest BCUT2D eigenvalue weighted by Crippen LogP contribution is -2.22. The first-order chi connectivity index (χ1) is 10.7. The van der Waals surface area contributed by atoms with Crippen molar-refractivity contribution in [3.8, 4) is 6.07 Å². The quantitative estimate of drug-likeness (QED) is 0.780. The largest absolute Gasteiger partial charge is 0.418 e. The van der Waals surface area contributed by atoms with Crippen LogP contribution < -0.4 is 5.32 Å². The Labute approximate surface area is 127 Å². The molecule has 0 saturated heterocycles. The van der Waals surface area contributed by atoms with Gasteiger partial charge in [0, 0.05) is 0 Å². The highest BCUT2D eigenvalue weighted by molar-refractivity contribution is 5.94. The predicted octanol–water partition coefficient (Wildman–Crippen LogP) is 4.60. The van der Waals surface area contributed by atoms with Crippen LogP contribution >= 0.6 is 0 Å². The maximum atomic E-state index is 12.9. The molecule has 0 heterocycles. The highest BCUT2D eigenvalue weighted by Crippen LogP contribution is 2.46. The van der Waals surface area contributed by atoms with Crippen molar-refractivity contribution in [2.45, 2.75) is 24.9 Å². The molecule has 0 bridgehead atoms. The van der Waals surface area contributed by atoms with Gasteiger partial charge >= 0.3 is 18.5 Å². The van der Waals surface area contributed by atoms with Crippen molar-refractivity contribution in [1.29, 1.82) is 5.26 Å². The molecule has 0 radical (unpaired) electrons. The Balaban J connectivity index is 3.75. The first-order valence-corrected chi connectivity index (χ1v) is 5.74. The van der Waals surface area contributed by atoms with Crippen LogP contribution in [0.3, 0.4) is 0 Å². The molecule has 1 amide bonds. The molecule has 1 aromatic carbocycles. The van der Waals surface area contributed by atoms with Crippen molar-refractivity contribution in [3.63, 3.8) is 0 Å². The first-order valence-electron chi connectivity index (χ1n) is 5.74. The number of nitrogens with zero attached hydrogens (tertiary/aromatic N) is 1. The Kier molecular flexibility index (Phi) is 5.07. The number of rotatable bonds is 2. The summed E-state index contributed by atoms with van der Waals surface area (Å²) in [5.41, 5.74) is -8.71. The summed E-state index contributed by atoms with van der Waals surface area (Å²) in [5, 5.41) is 9.42. The summed E-state index contributed by atoms with van der Waals surface area (Å²) in [7, 11) is 0. The van der Waals surface area contributed by atoms with E-state index in [1.54, 1.807) is 0 Å². The normalized spacial score (nSPS) is 12.7. The van der Waals surface area contributed by atoms with Gasteiger partial charge in [0.25, 0.3) is 0 Å². The van der Waals surface area contributed by atoms with Crippen LogP contribution in [0.2, 0.25) is 0 Å². The van der Waals surface area contributed by atoms with E-state index in [4.69, 9.17) is 5.26 Å². The Morgan fingerprint density at radius 1 is 0.917 bits per heavy atom. The zero-order valence-corrected chi connectivity index (χ0v) is 11.1. The van der Waals surface area contributed by atoms with E-state index in [1.807, 2.05) is 0 Å². The molecule has 0 unspecified atom stereocenters. The van der Waals surface area contributed by atoms with Gasteiger partial charge in [0.2, 0.25) is 5.91 Å². The number of nitriles is 1. The topological polar surface area (TPSA) is 52.9 Å². The maximum Gasteiger partial charge on any atom is 0.418 e. The summed E-state index contributed by atoms with van der Waals surface area (Å²) in [4.78, 5) is 11.2. The smallest absolute Gasteiger partial charge is 0.324 e. The molecule has 0 atom stereocenters. The minimum atomic E-state index is -5.61. The zero-order valence-electron chi connectivity index (χ0n) is 11.1. The first kappa shape index (κ1) is 19.6. The van der Waals surface area contributed by atoms with Gasteiger partial charge < -0.3 is 5.32 Å². The molecule has 0 saturated carbocycles. The van der Waals surface area contributed by atoms with Crippen molar-refractivity contribution in [3.05, 3.63) is 28.8 Å². The third kappa shape index (κ3) is 4.53. The molecule has 0 aliphatic rings. The number of alkyl halides is 9. The highest BCUT2D eigenvalue weighted by Gasteiger charge is 2.45. The number of benzene rings is 1. The average Bonchev–Trinajstić information content (AvgIpc) is 2.34. The third-order valence-electron chi connectivity index (χ3n) is 2.58. The fraction of sp³-hybridized carbons (Fsp3) is 0.333. The molecule has 1 N–H and O–H groups in total. The van der Waals surface area contributed by atoms with Gasteiger partial charge in [0.15, 0.2) is 0 Å². The lowest BCUT2D eigenvalue weighted by molar-refractivity contribution is -0.147. The average molecular weight is 364 g/mol. The number of halogens is 9. The maximum absolute atomic E-state index is 12.9. The second kappa shape index (κ2) is 6.21. The predicted molar refractivity (Wildman–Crippen MR) is 60.3 cm³/mol. The molecule has 1 aromatic rings. The van der Waals surface area contributed by atoms with Gasteiger partial charge in [-0.05, 0) is 12.1 Å². The minimum Gasteiger partial charge on any atom is -0.324 e. The monoisotopic (exact) mass is 364 g/mol. The highest BCUT2D eigenvalue weighted by atomic mass is 19.4. The standard InChI is InChI=1S/C12H5F9N2O/c13-10(14,15)5-3-6(11(16,17)18)9(23-8(24)1-2-22)7(4-5)12(19,20)21/h3-4H,1H2,(H,23,24). The molecule has 0 aromatic heterocycles. The number of hydrogen-bond acceptors (Lipinski definition) is 2. The van der Waals surface area contributed by atoms with E-state index in [9.17, 15) is 44.3 Å². The van der Waals surface area contributed by atoms with Crippen LogP contribution in [0.5, 0.6) is 0 Å². The summed E-state index contributed by atoms with van der Waals surface area (Å²) in [5.74, 6) is -1.53. The fourth-order valence-electron chi connectivity index (χ4n) is 1.64. The van der Waals surface area contributed by atoms with Gasteiger partial charge in [-0.1, -0.05) is 0 Å². The summed E-state index contributed by atoms with van der Waals surface area (Å²) in [6.45, 7) is 0. The Bertz CT molecular complexity index is 645. The number of hydrogen-bond donors (Lipinski definition) is 1. The second-order valence-electron chi connectivity index (χ2n) is 4.32. The molecule has 24 heavy (non-hydrogen) atoms. The lowest BCUT2D eigenvalue weighted by atomic mass is 10.0. The van der Waals surface area contributed by atoms with E-state index in [2.05, 4.69) is 0 Å². The van der Waals surface area contributed by atoms with E-state index in [-0.39, 0.29) is 0 Å². The molecule has 0 aliphatic carbocycles. The summed E-state index contributed by atoms with van der Waals surface area (Å²) in [6, 6.07) is 0.0964. The molecule has 1 rings (SSSR count). The number of anilines is 1. The number of carbonyl (C=O) groups is 1. The molecule has 0 spiro atoms. The molecule has 3 nitrogen and oxygen atoms in total. The number of amides is 1. The summed E-state index contributed by atoms with van der Waals surface area (Å²) >= 11 is 0. The SMILES string of the molecule is N#CCC(=O)Nc1c(C(F)(F)F)cc(C(F)(F)F)cc1C(F)(F)F. The fourth-order valence-corrected chi connectivity index (χ4v) is 1.64. The van der Waals surface area contributed by atoms with E-state index < -0.39 is 65.4 Å². The van der Waals surface area contributed by atoms with Gasteiger partial charge in [-0.2, -0.15) is 44.8 Å². The molecular formula is C12H5F9N2O. The van der Waals surface area contributed by atoms with Crippen molar-refractivity contribution in [2.75, 3.05) is 5.32 Å². The number of nitrogens with one attached hydrogen (secondary N) is 1. The van der Waals surface area contributed by atoms with Crippen LogP contribution in [0.15, 0.2) is 12.1 Å². The Hall–Kier alpha value is -2.45. The minimum absolute atomic E-state index is 0.544. The van der Waals surface area contributed by atoms with Crippen LogP contribution in [-0.2, 0) is 23.3 Å².